The highest BCUT2D eigenvalue weighted by atomic mass is 16.5. The maximum absolute atomic E-state index is 13.0. The normalized spacial score (nSPS) is 19.1. The van der Waals surface area contributed by atoms with Gasteiger partial charge in [-0.1, -0.05) is 55.0 Å². The minimum absolute atomic E-state index is 0.104. The summed E-state index contributed by atoms with van der Waals surface area (Å²) < 4.78 is 5.53. The highest BCUT2D eigenvalue weighted by Gasteiger charge is 2.48. The summed E-state index contributed by atoms with van der Waals surface area (Å²) in [6.07, 6.45) is 4.94. The van der Waals surface area contributed by atoms with E-state index in [1.807, 2.05) is 36.4 Å². The maximum atomic E-state index is 13.0. The molecular formula is C27H30N2O5. The zero-order valence-electron chi connectivity index (χ0n) is 19.1. The van der Waals surface area contributed by atoms with Gasteiger partial charge in [-0.15, -0.1) is 0 Å². The lowest BCUT2D eigenvalue weighted by Gasteiger charge is -2.52. The Morgan fingerprint density at radius 1 is 0.971 bits per heavy atom. The highest BCUT2D eigenvalue weighted by molar-refractivity contribution is 5.90. The Morgan fingerprint density at radius 3 is 2.09 bits per heavy atom. The molecule has 1 unspecified atom stereocenters. The van der Waals surface area contributed by atoms with Crippen molar-refractivity contribution in [3.8, 4) is 11.1 Å². The molecule has 2 fully saturated rings. The lowest BCUT2D eigenvalue weighted by atomic mass is 9.60. The standard InChI is InChI=1S/C27H30N2O5/c30-24(31)15-23(25(32)29-27(13-6-14-27)17-7-5-8-17)28-26(33)34-16-22-20-11-3-1-9-18(20)19-10-2-4-12-21(19)22/h1-4,9-12,17,22-23H,5-8,13-16H2,(H,28,33)(H,29,32)(H,30,31). The molecule has 7 heteroatoms. The first-order chi connectivity index (χ1) is 16.5. The smallest absolute Gasteiger partial charge is 0.407 e. The van der Waals surface area contributed by atoms with Crippen LogP contribution in [0.1, 0.15) is 62.0 Å². The molecule has 0 saturated heterocycles. The summed E-state index contributed by atoms with van der Waals surface area (Å²) >= 11 is 0. The number of aliphatic carboxylic acids is 1. The Labute approximate surface area is 198 Å². The third-order valence-electron chi connectivity index (χ3n) is 7.84. The van der Waals surface area contributed by atoms with Crippen molar-refractivity contribution < 1.29 is 24.2 Å². The third-order valence-corrected chi connectivity index (χ3v) is 7.84. The fourth-order valence-electron chi connectivity index (χ4n) is 5.65. The van der Waals surface area contributed by atoms with Gasteiger partial charge in [0.15, 0.2) is 0 Å². The second-order valence-corrected chi connectivity index (χ2v) is 9.75. The summed E-state index contributed by atoms with van der Waals surface area (Å²) in [5.41, 5.74) is 4.18. The number of carbonyl (C=O) groups is 3. The molecule has 3 aliphatic carbocycles. The van der Waals surface area contributed by atoms with Gasteiger partial charge in [0.1, 0.15) is 12.6 Å². The van der Waals surface area contributed by atoms with Gasteiger partial charge in [-0.2, -0.15) is 0 Å². The Bertz CT molecular complexity index is 1060. The van der Waals surface area contributed by atoms with Crippen LogP contribution < -0.4 is 10.6 Å². The van der Waals surface area contributed by atoms with E-state index in [0.717, 1.165) is 54.4 Å². The summed E-state index contributed by atoms with van der Waals surface area (Å²) in [4.78, 5) is 37.1. The molecule has 0 aromatic heterocycles. The van der Waals surface area contributed by atoms with Crippen LogP contribution in [0.3, 0.4) is 0 Å². The lowest BCUT2D eigenvalue weighted by molar-refractivity contribution is -0.140. The number of carboxylic acids is 1. The molecule has 3 aliphatic rings. The number of carboxylic acid groups (broad SMARTS) is 1. The molecule has 2 aromatic carbocycles. The quantitative estimate of drug-likeness (QED) is 0.545. The Kier molecular flexibility index (Phi) is 6.02. The molecule has 2 saturated carbocycles. The van der Waals surface area contributed by atoms with Gasteiger partial charge in [0.05, 0.1) is 6.42 Å². The molecule has 1 atom stereocenters. The number of amides is 2. The van der Waals surface area contributed by atoms with Crippen LogP contribution >= 0.6 is 0 Å². The predicted octanol–water partition coefficient (Wildman–Crippen LogP) is 4.21. The Balaban J connectivity index is 1.24. The summed E-state index contributed by atoms with van der Waals surface area (Å²) in [6, 6.07) is 14.9. The average molecular weight is 463 g/mol. The number of rotatable bonds is 8. The molecule has 2 aromatic rings. The zero-order valence-corrected chi connectivity index (χ0v) is 19.1. The van der Waals surface area contributed by atoms with Crippen LogP contribution in [0.15, 0.2) is 48.5 Å². The lowest BCUT2D eigenvalue weighted by Crippen LogP contribution is -2.63. The van der Waals surface area contributed by atoms with Crippen molar-refractivity contribution in [2.45, 2.75) is 62.4 Å². The second-order valence-electron chi connectivity index (χ2n) is 9.75. The number of carbonyl (C=O) groups excluding carboxylic acids is 2. The number of hydrogen-bond donors (Lipinski definition) is 3. The summed E-state index contributed by atoms with van der Waals surface area (Å²) in [5, 5.41) is 14.9. The second kappa shape index (κ2) is 9.12. The first-order valence-corrected chi connectivity index (χ1v) is 12.1. The summed E-state index contributed by atoms with van der Waals surface area (Å²) in [6.45, 7) is 0.104. The average Bonchev–Trinajstić information content (AvgIpc) is 3.08. The molecule has 0 aliphatic heterocycles. The van der Waals surface area contributed by atoms with Gasteiger partial charge >= 0.3 is 12.1 Å². The van der Waals surface area contributed by atoms with Crippen LogP contribution in [0.4, 0.5) is 4.79 Å². The monoisotopic (exact) mass is 462 g/mol. The van der Waals surface area contributed by atoms with Crippen molar-refractivity contribution in [2.75, 3.05) is 6.61 Å². The van der Waals surface area contributed by atoms with Crippen LogP contribution in [0, 0.1) is 5.92 Å². The van der Waals surface area contributed by atoms with Crippen molar-refractivity contribution >= 4 is 18.0 Å². The first kappa shape index (κ1) is 22.4. The molecule has 0 bridgehead atoms. The van der Waals surface area contributed by atoms with E-state index in [2.05, 4.69) is 22.8 Å². The van der Waals surface area contributed by atoms with Gasteiger partial charge in [-0.25, -0.2) is 4.79 Å². The Morgan fingerprint density at radius 2 is 1.59 bits per heavy atom. The van der Waals surface area contributed by atoms with E-state index in [4.69, 9.17) is 4.74 Å². The van der Waals surface area contributed by atoms with Crippen molar-refractivity contribution in [3.05, 3.63) is 59.7 Å². The molecule has 7 nitrogen and oxygen atoms in total. The van der Waals surface area contributed by atoms with E-state index in [9.17, 15) is 19.5 Å². The predicted molar refractivity (Wildman–Crippen MR) is 126 cm³/mol. The van der Waals surface area contributed by atoms with E-state index >= 15 is 0 Å². The fraction of sp³-hybridized carbons (Fsp3) is 0.444. The van der Waals surface area contributed by atoms with Crippen molar-refractivity contribution in [3.63, 3.8) is 0 Å². The summed E-state index contributed by atoms with van der Waals surface area (Å²) in [7, 11) is 0. The summed E-state index contributed by atoms with van der Waals surface area (Å²) in [5.74, 6) is -1.25. The molecule has 0 heterocycles. The molecule has 5 rings (SSSR count). The van der Waals surface area contributed by atoms with E-state index < -0.39 is 30.4 Å². The minimum atomic E-state index is -1.18. The van der Waals surface area contributed by atoms with E-state index in [1.54, 1.807) is 0 Å². The van der Waals surface area contributed by atoms with E-state index in [-0.39, 0.29) is 18.1 Å². The van der Waals surface area contributed by atoms with Gasteiger partial charge < -0.3 is 20.5 Å². The molecule has 2 amide bonds. The van der Waals surface area contributed by atoms with Crippen LogP contribution in [0.5, 0.6) is 0 Å². The number of benzene rings is 2. The number of hydrogen-bond acceptors (Lipinski definition) is 4. The first-order valence-electron chi connectivity index (χ1n) is 12.1. The molecule has 34 heavy (non-hydrogen) atoms. The van der Waals surface area contributed by atoms with E-state index in [0.29, 0.717) is 5.92 Å². The Hall–Kier alpha value is -3.35. The van der Waals surface area contributed by atoms with Gasteiger partial charge in [0, 0.05) is 11.5 Å². The van der Waals surface area contributed by atoms with Crippen LogP contribution in [-0.2, 0) is 14.3 Å². The molecule has 0 radical (unpaired) electrons. The maximum Gasteiger partial charge on any atom is 0.407 e. The zero-order chi connectivity index (χ0) is 23.7. The molecule has 0 spiro atoms. The molecule has 3 N–H and O–H groups in total. The van der Waals surface area contributed by atoms with Gasteiger partial charge in [0.2, 0.25) is 5.91 Å². The SMILES string of the molecule is O=C(O)CC(NC(=O)OCC1c2ccccc2-c2ccccc21)C(=O)NC1(C2CCC2)CCC1. The van der Waals surface area contributed by atoms with Crippen molar-refractivity contribution in [1.29, 1.82) is 0 Å². The van der Waals surface area contributed by atoms with Gasteiger partial charge in [-0.05, 0) is 60.3 Å². The number of fused-ring (bicyclic) bond motifs is 3. The fourth-order valence-corrected chi connectivity index (χ4v) is 5.65. The third kappa shape index (κ3) is 4.15. The molecular weight excluding hydrogens is 432 g/mol. The van der Waals surface area contributed by atoms with Crippen LogP contribution in [0.2, 0.25) is 0 Å². The van der Waals surface area contributed by atoms with Crippen molar-refractivity contribution in [2.24, 2.45) is 5.92 Å². The van der Waals surface area contributed by atoms with Crippen molar-refractivity contribution in [1.82, 2.24) is 10.6 Å². The van der Waals surface area contributed by atoms with Gasteiger partial charge in [0.25, 0.3) is 0 Å². The van der Waals surface area contributed by atoms with E-state index in [1.165, 1.54) is 6.42 Å². The number of nitrogens with one attached hydrogen (secondary N) is 2. The highest BCUT2D eigenvalue weighted by Crippen LogP contribution is 2.47. The van der Waals surface area contributed by atoms with Gasteiger partial charge in [-0.3, -0.25) is 9.59 Å². The largest absolute Gasteiger partial charge is 0.481 e. The van der Waals surface area contributed by atoms with Crippen LogP contribution in [0.25, 0.3) is 11.1 Å². The minimum Gasteiger partial charge on any atom is -0.481 e. The number of ether oxygens (including phenoxy) is 1. The van der Waals surface area contributed by atoms with Crippen LogP contribution in [-0.4, -0.2) is 41.3 Å². The topological polar surface area (TPSA) is 105 Å². The molecule has 178 valence electrons. The number of alkyl carbamates (subject to hydrolysis) is 1.